The number of nitrogens with one attached hydrogen (secondary N) is 1. The number of phenols is 1. The highest BCUT2D eigenvalue weighted by atomic mass is 16.3. The van der Waals surface area contributed by atoms with Crippen molar-refractivity contribution in [3.63, 3.8) is 0 Å². The molecule has 2 heterocycles. The predicted molar refractivity (Wildman–Crippen MR) is 106 cm³/mol. The molecule has 6 nitrogen and oxygen atoms in total. The minimum absolute atomic E-state index is 0.0852. The molecular weight excluding hydrogens is 340 g/mol. The fourth-order valence-electron chi connectivity index (χ4n) is 3.63. The first-order valence-corrected chi connectivity index (χ1v) is 9.44. The molecule has 0 bridgehead atoms. The van der Waals surface area contributed by atoms with E-state index in [4.69, 9.17) is 0 Å². The molecule has 1 fully saturated rings. The Labute approximate surface area is 158 Å². The number of aromatic nitrogens is 2. The van der Waals surface area contributed by atoms with Crippen LogP contribution in [0.2, 0.25) is 0 Å². The number of fused-ring (bicyclic) bond motifs is 1. The fraction of sp³-hybridized carbons (Fsp3) is 0.333. The van der Waals surface area contributed by atoms with Crippen LogP contribution in [0.15, 0.2) is 48.7 Å². The first-order valence-electron chi connectivity index (χ1n) is 9.44. The number of carbonyl (C=O) groups is 1. The van der Waals surface area contributed by atoms with Crippen LogP contribution in [-0.4, -0.2) is 45.3 Å². The van der Waals surface area contributed by atoms with E-state index in [1.54, 1.807) is 24.3 Å². The average molecular weight is 364 g/mol. The van der Waals surface area contributed by atoms with E-state index in [0.29, 0.717) is 0 Å². The van der Waals surface area contributed by atoms with E-state index in [9.17, 15) is 9.90 Å². The Hall–Kier alpha value is -2.86. The third kappa shape index (κ3) is 4.11. The van der Waals surface area contributed by atoms with Gasteiger partial charge in [-0.3, -0.25) is 9.48 Å². The Balaban J connectivity index is 1.45. The molecule has 2 aromatic carbocycles. The number of nitrogens with zero attached hydrogens (tertiary/aromatic N) is 3. The smallest absolute Gasteiger partial charge is 0.228 e. The number of likely N-dealkylation sites (tertiary alicyclic amines) is 1. The number of rotatable bonds is 6. The maximum absolute atomic E-state index is 12.4. The van der Waals surface area contributed by atoms with Crippen LogP contribution >= 0.6 is 0 Å². The molecule has 140 valence electrons. The maximum atomic E-state index is 12.4. The zero-order valence-corrected chi connectivity index (χ0v) is 15.3. The van der Waals surface area contributed by atoms with Gasteiger partial charge in [0, 0.05) is 11.9 Å². The number of hydrogen-bond donors (Lipinski definition) is 2. The summed E-state index contributed by atoms with van der Waals surface area (Å²) in [5, 5.41) is 17.8. The monoisotopic (exact) mass is 364 g/mol. The van der Waals surface area contributed by atoms with Crippen LogP contribution in [0.4, 0.5) is 5.69 Å². The van der Waals surface area contributed by atoms with E-state index in [1.165, 1.54) is 25.9 Å². The summed E-state index contributed by atoms with van der Waals surface area (Å²) in [6.45, 7) is 4.22. The lowest BCUT2D eigenvalue weighted by atomic mass is 10.1. The van der Waals surface area contributed by atoms with Crippen molar-refractivity contribution in [2.45, 2.75) is 25.8 Å². The van der Waals surface area contributed by atoms with Gasteiger partial charge in [-0.2, -0.15) is 5.10 Å². The summed E-state index contributed by atoms with van der Waals surface area (Å²) in [6, 6.07) is 12.6. The molecule has 0 aliphatic carbocycles. The first-order chi connectivity index (χ1) is 13.2. The van der Waals surface area contributed by atoms with Crippen molar-refractivity contribution in [3.05, 3.63) is 54.2 Å². The van der Waals surface area contributed by atoms with E-state index in [1.807, 2.05) is 29.1 Å². The van der Waals surface area contributed by atoms with Crippen LogP contribution in [0.3, 0.4) is 0 Å². The maximum Gasteiger partial charge on any atom is 0.228 e. The third-order valence-corrected chi connectivity index (χ3v) is 5.09. The minimum Gasteiger partial charge on any atom is -0.508 e. The van der Waals surface area contributed by atoms with Crippen molar-refractivity contribution >= 4 is 22.5 Å². The van der Waals surface area contributed by atoms with Gasteiger partial charge in [-0.05, 0) is 55.8 Å². The van der Waals surface area contributed by atoms with Crippen molar-refractivity contribution in [1.29, 1.82) is 0 Å². The lowest BCUT2D eigenvalue weighted by molar-refractivity contribution is -0.115. The summed E-state index contributed by atoms with van der Waals surface area (Å²) in [6.07, 6.45) is 4.67. The molecular formula is C21H24N4O2. The highest BCUT2D eigenvalue weighted by Gasteiger charge is 2.13. The lowest BCUT2D eigenvalue weighted by Gasteiger charge is -2.14. The molecule has 1 saturated heterocycles. The third-order valence-electron chi connectivity index (χ3n) is 5.09. The molecule has 0 atom stereocenters. The van der Waals surface area contributed by atoms with Gasteiger partial charge >= 0.3 is 0 Å². The molecule has 1 aromatic heterocycles. The molecule has 6 heteroatoms. The Kier molecular flexibility index (Phi) is 5.07. The quantitative estimate of drug-likeness (QED) is 0.705. The SMILES string of the molecule is O=C(Cc1ccc(O)cc1)Nc1cccc2c1cnn2CCN1CCCC1. The zero-order valence-electron chi connectivity index (χ0n) is 15.3. The van der Waals surface area contributed by atoms with E-state index in [2.05, 4.69) is 15.3 Å². The topological polar surface area (TPSA) is 70.4 Å². The summed E-state index contributed by atoms with van der Waals surface area (Å²) in [4.78, 5) is 14.9. The van der Waals surface area contributed by atoms with Crippen LogP contribution < -0.4 is 5.32 Å². The molecule has 4 rings (SSSR count). The van der Waals surface area contributed by atoms with Gasteiger partial charge in [0.1, 0.15) is 5.75 Å². The summed E-state index contributed by atoms with van der Waals surface area (Å²) >= 11 is 0. The van der Waals surface area contributed by atoms with Crippen molar-refractivity contribution in [2.75, 3.05) is 25.0 Å². The average Bonchev–Trinajstić information content (AvgIpc) is 3.32. The predicted octanol–water partition coefficient (Wildman–Crippen LogP) is 3.02. The second kappa shape index (κ2) is 7.80. The van der Waals surface area contributed by atoms with Gasteiger partial charge < -0.3 is 15.3 Å². The zero-order chi connectivity index (χ0) is 18.6. The first kappa shape index (κ1) is 17.5. The van der Waals surface area contributed by atoms with Gasteiger partial charge in [0.25, 0.3) is 0 Å². The number of benzene rings is 2. The van der Waals surface area contributed by atoms with Gasteiger partial charge in [0.15, 0.2) is 0 Å². The molecule has 1 amide bonds. The van der Waals surface area contributed by atoms with Crippen LogP contribution in [0, 0.1) is 0 Å². The van der Waals surface area contributed by atoms with Gasteiger partial charge in [-0.1, -0.05) is 18.2 Å². The molecule has 0 spiro atoms. The fourth-order valence-corrected chi connectivity index (χ4v) is 3.63. The molecule has 2 N–H and O–H groups in total. The summed E-state index contributed by atoms with van der Waals surface area (Å²) in [5.74, 6) is 0.114. The second-order valence-electron chi connectivity index (χ2n) is 7.05. The molecule has 27 heavy (non-hydrogen) atoms. The Bertz CT molecular complexity index is 927. The summed E-state index contributed by atoms with van der Waals surface area (Å²) in [5.41, 5.74) is 2.68. The number of carbonyl (C=O) groups excluding carboxylic acids is 1. The molecule has 0 unspecified atom stereocenters. The van der Waals surface area contributed by atoms with E-state index >= 15 is 0 Å². The second-order valence-corrected chi connectivity index (χ2v) is 7.05. The van der Waals surface area contributed by atoms with E-state index in [-0.39, 0.29) is 18.1 Å². The van der Waals surface area contributed by atoms with Crippen LogP contribution in [-0.2, 0) is 17.8 Å². The highest BCUT2D eigenvalue weighted by Crippen LogP contribution is 2.23. The van der Waals surface area contributed by atoms with Crippen molar-refractivity contribution in [1.82, 2.24) is 14.7 Å². The molecule has 0 saturated carbocycles. The highest BCUT2D eigenvalue weighted by molar-refractivity contribution is 6.01. The van der Waals surface area contributed by atoms with Crippen molar-refractivity contribution in [3.8, 4) is 5.75 Å². The van der Waals surface area contributed by atoms with Crippen LogP contribution in [0.1, 0.15) is 18.4 Å². The number of amides is 1. The lowest BCUT2D eigenvalue weighted by Crippen LogP contribution is -2.24. The number of hydrogen-bond acceptors (Lipinski definition) is 4. The van der Waals surface area contributed by atoms with E-state index in [0.717, 1.165) is 35.2 Å². The summed E-state index contributed by atoms with van der Waals surface area (Å²) < 4.78 is 2.02. The largest absolute Gasteiger partial charge is 0.508 e. The molecule has 3 aromatic rings. The van der Waals surface area contributed by atoms with Gasteiger partial charge in [0.05, 0.1) is 30.4 Å². The Morgan fingerprint density at radius 3 is 2.63 bits per heavy atom. The number of aromatic hydroxyl groups is 1. The van der Waals surface area contributed by atoms with E-state index < -0.39 is 0 Å². The minimum atomic E-state index is -0.0852. The normalized spacial score (nSPS) is 14.7. The standard InChI is InChI=1S/C21H24N4O2/c26-17-8-6-16(7-9-17)14-21(27)23-19-4-3-5-20-18(19)15-22-25(20)13-12-24-10-1-2-11-24/h3-9,15,26H,1-2,10-14H2,(H,23,27). The molecule has 0 radical (unpaired) electrons. The van der Waals surface area contributed by atoms with Crippen molar-refractivity contribution in [2.24, 2.45) is 0 Å². The number of anilines is 1. The van der Waals surface area contributed by atoms with Gasteiger partial charge in [0.2, 0.25) is 5.91 Å². The van der Waals surface area contributed by atoms with Crippen LogP contribution in [0.25, 0.3) is 10.9 Å². The Morgan fingerprint density at radius 2 is 1.85 bits per heavy atom. The molecule has 1 aliphatic rings. The molecule has 1 aliphatic heterocycles. The summed E-state index contributed by atoms with van der Waals surface area (Å²) in [7, 11) is 0. The Morgan fingerprint density at radius 1 is 1.07 bits per heavy atom. The van der Waals surface area contributed by atoms with Gasteiger partial charge in [-0.25, -0.2) is 0 Å². The number of phenolic OH excluding ortho intramolecular Hbond substituents is 1. The van der Waals surface area contributed by atoms with Crippen LogP contribution in [0.5, 0.6) is 5.75 Å². The van der Waals surface area contributed by atoms with Gasteiger partial charge in [-0.15, -0.1) is 0 Å². The van der Waals surface area contributed by atoms with Crippen molar-refractivity contribution < 1.29 is 9.90 Å².